The number of hydrogen-bond acceptors (Lipinski definition) is 6. The number of carbonyl (C=O) groups excluding carboxylic acids is 1. The number of ether oxygens (including phenoxy) is 1. The fourth-order valence-electron chi connectivity index (χ4n) is 3.85. The molecule has 1 aliphatic rings. The molecule has 3 aromatic rings. The molecule has 1 fully saturated rings. The highest BCUT2D eigenvalue weighted by molar-refractivity contribution is 7.84. The van der Waals surface area contributed by atoms with Gasteiger partial charge in [-0.3, -0.25) is 13.9 Å². The number of rotatable bonds is 10. The fraction of sp³-hybridized carbons (Fsp3) is 0.385. The lowest BCUT2D eigenvalue weighted by Crippen LogP contribution is -2.35. The summed E-state index contributed by atoms with van der Waals surface area (Å²) in [6.45, 7) is 6.49. The van der Waals surface area contributed by atoms with Crippen molar-refractivity contribution in [2.45, 2.75) is 25.6 Å². The van der Waals surface area contributed by atoms with Crippen LogP contribution in [0.15, 0.2) is 52.9 Å². The van der Waals surface area contributed by atoms with Crippen molar-refractivity contribution in [2.24, 2.45) is 0 Å². The van der Waals surface area contributed by atoms with E-state index in [1.807, 2.05) is 12.1 Å². The predicted molar refractivity (Wildman–Crippen MR) is 133 cm³/mol. The van der Waals surface area contributed by atoms with Gasteiger partial charge >= 0.3 is 0 Å². The van der Waals surface area contributed by atoms with Crippen LogP contribution < -0.4 is 5.32 Å². The Hall–Kier alpha value is -2.88. The van der Waals surface area contributed by atoms with Crippen LogP contribution in [0.2, 0.25) is 0 Å². The molecule has 0 radical (unpaired) electrons. The quantitative estimate of drug-likeness (QED) is 0.461. The summed E-state index contributed by atoms with van der Waals surface area (Å²) < 4.78 is 36.7. The van der Waals surface area contributed by atoms with Gasteiger partial charge in [-0.1, -0.05) is 24.3 Å². The molecule has 9 heteroatoms. The van der Waals surface area contributed by atoms with Crippen molar-refractivity contribution in [3.8, 4) is 11.5 Å². The van der Waals surface area contributed by atoms with Gasteiger partial charge in [0.15, 0.2) is 0 Å². The summed E-state index contributed by atoms with van der Waals surface area (Å²) in [7, 11) is -1.41. The molecule has 1 unspecified atom stereocenters. The molecule has 4 rings (SSSR count). The molecule has 35 heavy (non-hydrogen) atoms. The number of hydrogen-bond donors (Lipinski definition) is 1. The second-order valence-electron chi connectivity index (χ2n) is 8.56. The first-order valence-corrected chi connectivity index (χ1v) is 13.2. The maximum atomic E-state index is 13.0. The minimum atomic E-state index is -1.41. The number of halogens is 1. The van der Waals surface area contributed by atoms with Crippen LogP contribution in [-0.2, 0) is 39.0 Å². The van der Waals surface area contributed by atoms with E-state index in [-0.39, 0.29) is 23.2 Å². The van der Waals surface area contributed by atoms with Gasteiger partial charge in [0, 0.05) is 42.5 Å². The number of benzene rings is 2. The van der Waals surface area contributed by atoms with Crippen LogP contribution in [0.4, 0.5) is 4.39 Å². The lowest BCUT2D eigenvalue weighted by atomic mass is 10.1. The Bertz CT molecular complexity index is 1140. The maximum Gasteiger partial charge on any atom is 0.232 e. The van der Waals surface area contributed by atoms with E-state index in [0.717, 1.165) is 44.0 Å². The molecule has 1 aromatic heterocycles. The highest BCUT2D eigenvalue weighted by Gasteiger charge is 2.17. The summed E-state index contributed by atoms with van der Waals surface area (Å²) in [6, 6.07) is 14.2. The fourth-order valence-corrected chi connectivity index (χ4v) is 4.92. The van der Waals surface area contributed by atoms with E-state index in [1.165, 1.54) is 17.7 Å². The van der Waals surface area contributed by atoms with E-state index in [1.54, 1.807) is 19.1 Å². The Morgan fingerprint density at radius 1 is 1.09 bits per heavy atom. The highest BCUT2D eigenvalue weighted by atomic mass is 32.2. The Morgan fingerprint density at radius 2 is 1.77 bits per heavy atom. The van der Waals surface area contributed by atoms with Crippen molar-refractivity contribution >= 4 is 16.7 Å². The third-order valence-corrected chi connectivity index (χ3v) is 7.02. The monoisotopic (exact) mass is 499 g/mol. The predicted octanol–water partition coefficient (Wildman–Crippen LogP) is 3.23. The van der Waals surface area contributed by atoms with Gasteiger partial charge in [-0.05, 0) is 48.7 Å². The van der Waals surface area contributed by atoms with E-state index in [0.29, 0.717) is 30.3 Å². The number of nitrogens with one attached hydrogen (secondary N) is 1. The Morgan fingerprint density at radius 3 is 2.49 bits per heavy atom. The summed E-state index contributed by atoms with van der Waals surface area (Å²) in [5.74, 6) is 0.540. The number of carbonyl (C=O) groups is 1. The van der Waals surface area contributed by atoms with E-state index < -0.39 is 10.8 Å². The average molecular weight is 500 g/mol. The zero-order valence-electron chi connectivity index (χ0n) is 19.8. The molecule has 0 saturated carbocycles. The van der Waals surface area contributed by atoms with E-state index in [2.05, 4.69) is 27.3 Å². The smallest absolute Gasteiger partial charge is 0.232 e. The number of aromatic nitrogens is 1. The van der Waals surface area contributed by atoms with Crippen molar-refractivity contribution in [2.75, 3.05) is 38.6 Å². The summed E-state index contributed by atoms with van der Waals surface area (Å²) in [5.41, 5.74) is 3.59. The lowest BCUT2D eigenvalue weighted by molar-refractivity contribution is -0.118. The molecule has 7 nitrogen and oxygen atoms in total. The molecule has 186 valence electrons. The molecule has 1 aliphatic heterocycles. The average Bonchev–Trinajstić information content (AvgIpc) is 3.21. The summed E-state index contributed by atoms with van der Waals surface area (Å²) in [4.78, 5) is 19.0. The molecule has 1 amide bonds. The van der Waals surface area contributed by atoms with Crippen molar-refractivity contribution < 1.29 is 22.5 Å². The third kappa shape index (κ3) is 7.55. The molecule has 1 saturated heterocycles. The van der Waals surface area contributed by atoms with Crippen LogP contribution in [0.5, 0.6) is 0 Å². The highest BCUT2D eigenvalue weighted by Crippen LogP contribution is 2.23. The molecule has 0 spiro atoms. The molecule has 1 atom stereocenters. The normalized spacial score (nSPS) is 15.1. The molecule has 0 bridgehead atoms. The first-order valence-electron chi connectivity index (χ1n) is 11.7. The van der Waals surface area contributed by atoms with Crippen LogP contribution >= 0.6 is 0 Å². The zero-order chi connectivity index (χ0) is 24.6. The number of aryl methyl sites for hydroxylation is 1. The van der Waals surface area contributed by atoms with Crippen LogP contribution in [0.1, 0.15) is 22.6 Å². The molecule has 0 aliphatic carbocycles. The molecule has 2 heterocycles. The summed E-state index contributed by atoms with van der Waals surface area (Å²) in [5, 5.41) is 2.76. The Labute approximate surface area is 207 Å². The van der Waals surface area contributed by atoms with Crippen molar-refractivity contribution in [1.29, 1.82) is 0 Å². The van der Waals surface area contributed by atoms with E-state index in [4.69, 9.17) is 9.15 Å². The van der Waals surface area contributed by atoms with Gasteiger partial charge in [-0.15, -0.1) is 0 Å². The number of nitrogens with zero attached hydrogens (tertiary/aromatic N) is 2. The first kappa shape index (κ1) is 25.2. The van der Waals surface area contributed by atoms with Gasteiger partial charge in [0.05, 0.1) is 24.7 Å². The second kappa shape index (κ2) is 12.2. The standard InChI is InChI=1S/C26H30FN3O4S/c1-19-24(17-35(32)18-25(31)28-11-10-20-4-8-23(27)9-5-20)29-26(34-19)22-6-2-21(3-7-22)16-30-12-14-33-15-13-30/h2-9H,10-18H2,1H3,(H,28,31). The first-order chi connectivity index (χ1) is 17.0. The third-order valence-electron chi connectivity index (χ3n) is 5.84. The van der Waals surface area contributed by atoms with Crippen molar-refractivity contribution in [3.05, 3.63) is 76.9 Å². The lowest BCUT2D eigenvalue weighted by Gasteiger charge is -2.26. The summed E-state index contributed by atoms with van der Waals surface area (Å²) >= 11 is 0. The van der Waals surface area contributed by atoms with E-state index >= 15 is 0 Å². The Balaban J connectivity index is 1.25. The second-order valence-corrected chi connectivity index (χ2v) is 10.0. The number of amides is 1. The van der Waals surface area contributed by atoms with E-state index in [9.17, 15) is 13.4 Å². The van der Waals surface area contributed by atoms with Crippen LogP contribution in [0.3, 0.4) is 0 Å². The Kier molecular flexibility index (Phi) is 8.79. The minimum absolute atomic E-state index is 0.110. The topological polar surface area (TPSA) is 84.7 Å². The van der Waals surface area contributed by atoms with Gasteiger partial charge in [0.1, 0.15) is 17.3 Å². The molecular formula is C26H30FN3O4S. The van der Waals surface area contributed by atoms with Gasteiger partial charge in [-0.2, -0.15) is 0 Å². The number of oxazole rings is 1. The van der Waals surface area contributed by atoms with Crippen LogP contribution in [0.25, 0.3) is 11.5 Å². The van der Waals surface area contributed by atoms with Crippen molar-refractivity contribution in [3.63, 3.8) is 0 Å². The largest absolute Gasteiger partial charge is 0.441 e. The zero-order valence-corrected chi connectivity index (χ0v) is 20.6. The minimum Gasteiger partial charge on any atom is -0.441 e. The van der Waals surface area contributed by atoms with Gasteiger partial charge in [0.25, 0.3) is 0 Å². The summed E-state index contributed by atoms with van der Waals surface area (Å²) in [6.07, 6.45) is 0.579. The van der Waals surface area contributed by atoms with Gasteiger partial charge in [0.2, 0.25) is 11.8 Å². The van der Waals surface area contributed by atoms with Gasteiger partial charge < -0.3 is 14.5 Å². The van der Waals surface area contributed by atoms with Crippen molar-refractivity contribution in [1.82, 2.24) is 15.2 Å². The molecule has 2 aromatic carbocycles. The SMILES string of the molecule is Cc1oc(-c2ccc(CN3CCOCC3)cc2)nc1CS(=O)CC(=O)NCCc1ccc(F)cc1. The van der Waals surface area contributed by atoms with Crippen LogP contribution in [0, 0.1) is 12.7 Å². The van der Waals surface area contributed by atoms with Gasteiger partial charge in [-0.25, -0.2) is 9.37 Å². The molecular weight excluding hydrogens is 469 g/mol. The maximum absolute atomic E-state index is 13.0. The molecule has 1 N–H and O–H groups in total. The number of morpholine rings is 1. The van der Waals surface area contributed by atoms with Crippen LogP contribution in [-0.4, -0.2) is 58.6 Å².